The van der Waals surface area contributed by atoms with Crippen molar-refractivity contribution in [1.82, 2.24) is 19.1 Å². The molecule has 0 saturated carbocycles. The van der Waals surface area contributed by atoms with Crippen molar-refractivity contribution in [2.75, 3.05) is 5.32 Å². The maximum Gasteiger partial charge on any atom is 0.389 e. The summed E-state index contributed by atoms with van der Waals surface area (Å²) >= 11 is 5.94. The topological polar surface area (TPSA) is 108 Å². The predicted molar refractivity (Wildman–Crippen MR) is 138 cm³/mol. The van der Waals surface area contributed by atoms with E-state index in [1.54, 1.807) is 72.9 Å². The molecule has 2 aromatic carbocycles. The van der Waals surface area contributed by atoms with Gasteiger partial charge in [-0.3, -0.25) is 9.36 Å². The number of Topliss-reactive ketones (excluding diaryl/α,β-unsaturated/α-hetero) is 1. The number of alkyl halides is 3. The number of ketones is 1. The number of hydrogen-bond acceptors (Lipinski definition) is 7. The van der Waals surface area contributed by atoms with Crippen molar-refractivity contribution >= 4 is 29.0 Å². The SMILES string of the molecule is O=C(CCC(F)(F)F)Cn1c(=O)nc(Nc2ccc(Oc3ccccn3)cc2)n(Cc2ccc(Cl)cc2)c1=O. The zero-order valence-electron chi connectivity index (χ0n) is 20.2. The molecule has 39 heavy (non-hydrogen) atoms. The predicted octanol–water partition coefficient (Wildman–Crippen LogP) is 4.95. The lowest BCUT2D eigenvalue weighted by Gasteiger charge is -2.16. The van der Waals surface area contributed by atoms with E-state index in [1.807, 2.05) is 0 Å². The molecule has 13 heteroatoms. The third-order valence-electron chi connectivity index (χ3n) is 5.40. The van der Waals surface area contributed by atoms with E-state index in [2.05, 4.69) is 15.3 Å². The van der Waals surface area contributed by atoms with Crippen LogP contribution < -0.4 is 21.4 Å². The van der Waals surface area contributed by atoms with E-state index < -0.39 is 42.7 Å². The van der Waals surface area contributed by atoms with Crippen molar-refractivity contribution in [2.45, 2.75) is 32.1 Å². The van der Waals surface area contributed by atoms with Crippen molar-refractivity contribution < 1.29 is 22.7 Å². The lowest BCUT2D eigenvalue weighted by molar-refractivity contribution is -0.143. The molecule has 4 aromatic rings. The molecule has 202 valence electrons. The van der Waals surface area contributed by atoms with E-state index >= 15 is 0 Å². The fourth-order valence-corrected chi connectivity index (χ4v) is 3.60. The quantitative estimate of drug-likeness (QED) is 0.293. The zero-order valence-corrected chi connectivity index (χ0v) is 20.9. The Labute approximate surface area is 224 Å². The summed E-state index contributed by atoms with van der Waals surface area (Å²) in [7, 11) is 0. The van der Waals surface area contributed by atoms with Crippen LogP contribution in [0.15, 0.2) is 82.5 Å². The molecule has 2 aromatic heterocycles. The first-order valence-corrected chi connectivity index (χ1v) is 12.0. The maximum atomic E-state index is 13.3. The summed E-state index contributed by atoms with van der Waals surface area (Å²) in [5.41, 5.74) is -0.911. The average Bonchev–Trinajstić information content (AvgIpc) is 2.90. The van der Waals surface area contributed by atoms with Crippen LogP contribution in [0, 0.1) is 0 Å². The van der Waals surface area contributed by atoms with Gasteiger partial charge in [0.05, 0.1) is 19.5 Å². The number of anilines is 2. The minimum absolute atomic E-state index is 0.0662. The van der Waals surface area contributed by atoms with Gasteiger partial charge in [-0.15, -0.1) is 0 Å². The van der Waals surface area contributed by atoms with Gasteiger partial charge >= 0.3 is 17.6 Å². The van der Waals surface area contributed by atoms with Crippen molar-refractivity contribution in [3.63, 3.8) is 0 Å². The van der Waals surface area contributed by atoms with Crippen molar-refractivity contribution in [3.05, 3.63) is 104 Å². The number of carbonyl (C=O) groups is 1. The van der Waals surface area contributed by atoms with Gasteiger partial charge in [0.25, 0.3) is 0 Å². The van der Waals surface area contributed by atoms with E-state index in [1.165, 1.54) is 0 Å². The lowest BCUT2D eigenvalue weighted by Crippen LogP contribution is -2.44. The van der Waals surface area contributed by atoms with Crippen LogP contribution in [-0.4, -0.2) is 31.1 Å². The molecule has 0 bridgehead atoms. The molecular formula is C26H21ClF3N5O4. The third-order valence-corrected chi connectivity index (χ3v) is 5.65. The minimum Gasteiger partial charge on any atom is -0.439 e. The molecule has 0 aliphatic heterocycles. The smallest absolute Gasteiger partial charge is 0.389 e. The fraction of sp³-hybridized carbons (Fsp3) is 0.192. The molecule has 4 rings (SSSR count). The molecule has 0 aliphatic carbocycles. The average molecular weight is 560 g/mol. The molecule has 0 atom stereocenters. The van der Waals surface area contributed by atoms with Gasteiger partial charge in [0.1, 0.15) is 5.75 Å². The molecule has 2 heterocycles. The number of carbonyl (C=O) groups excluding carboxylic acids is 1. The van der Waals surface area contributed by atoms with Crippen LogP contribution >= 0.6 is 11.6 Å². The normalized spacial score (nSPS) is 11.3. The first-order valence-electron chi connectivity index (χ1n) is 11.6. The molecule has 0 radical (unpaired) electrons. The standard InChI is InChI=1S/C26H21ClF3N5O4/c27-18-6-4-17(5-7-18)15-34-23(32-19-8-10-21(11-9-19)39-22-3-1-2-14-31-22)33-24(37)35(25(34)38)16-20(36)12-13-26(28,29)30/h1-11,14H,12-13,15-16H2,(H,32,33,37). The Morgan fingerprint density at radius 3 is 2.33 bits per heavy atom. The van der Waals surface area contributed by atoms with Crippen LogP contribution in [0.2, 0.25) is 5.02 Å². The first-order chi connectivity index (χ1) is 18.6. The van der Waals surface area contributed by atoms with Gasteiger partial charge in [0.15, 0.2) is 5.78 Å². The van der Waals surface area contributed by atoms with Gasteiger partial charge in [0.2, 0.25) is 11.8 Å². The van der Waals surface area contributed by atoms with E-state index in [4.69, 9.17) is 16.3 Å². The van der Waals surface area contributed by atoms with Crippen molar-refractivity contribution in [1.29, 1.82) is 0 Å². The van der Waals surface area contributed by atoms with E-state index in [-0.39, 0.29) is 12.5 Å². The largest absolute Gasteiger partial charge is 0.439 e. The Bertz CT molecular complexity index is 1550. The monoisotopic (exact) mass is 559 g/mol. The first kappa shape index (κ1) is 27.6. The van der Waals surface area contributed by atoms with Gasteiger partial charge in [0, 0.05) is 29.4 Å². The Kier molecular flexibility index (Phi) is 8.45. The van der Waals surface area contributed by atoms with Crippen LogP contribution in [0.25, 0.3) is 0 Å². The summed E-state index contributed by atoms with van der Waals surface area (Å²) < 4.78 is 44.8. The molecule has 0 spiro atoms. The number of nitrogens with zero attached hydrogens (tertiary/aromatic N) is 4. The highest BCUT2D eigenvalue weighted by molar-refractivity contribution is 6.30. The number of hydrogen-bond donors (Lipinski definition) is 1. The fourth-order valence-electron chi connectivity index (χ4n) is 3.48. The summed E-state index contributed by atoms with van der Waals surface area (Å²) in [4.78, 5) is 46.1. The van der Waals surface area contributed by atoms with Crippen LogP contribution in [0.3, 0.4) is 0 Å². The Morgan fingerprint density at radius 2 is 1.69 bits per heavy atom. The lowest BCUT2D eigenvalue weighted by atomic mass is 10.2. The summed E-state index contributed by atoms with van der Waals surface area (Å²) in [5, 5.41) is 3.38. The highest BCUT2D eigenvalue weighted by Gasteiger charge is 2.28. The van der Waals surface area contributed by atoms with E-state index in [0.29, 0.717) is 32.5 Å². The van der Waals surface area contributed by atoms with Crippen molar-refractivity contribution in [3.8, 4) is 11.6 Å². The highest BCUT2D eigenvalue weighted by atomic mass is 35.5. The number of pyridine rings is 1. The number of benzene rings is 2. The molecule has 1 N–H and O–H groups in total. The molecule has 0 saturated heterocycles. The summed E-state index contributed by atoms with van der Waals surface area (Å²) in [5.74, 6) is -0.170. The molecule has 0 unspecified atom stereocenters. The second kappa shape index (κ2) is 11.9. The maximum absolute atomic E-state index is 13.3. The van der Waals surface area contributed by atoms with Crippen LogP contribution in [0.4, 0.5) is 24.8 Å². The summed E-state index contributed by atoms with van der Waals surface area (Å²) in [6.45, 7) is -0.898. The zero-order chi connectivity index (χ0) is 28.0. The Balaban J connectivity index is 1.62. The number of ether oxygens (including phenoxy) is 1. The molecule has 9 nitrogen and oxygen atoms in total. The van der Waals surface area contributed by atoms with Crippen LogP contribution in [0.5, 0.6) is 11.6 Å². The van der Waals surface area contributed by atoms with Gasteiger partial charge in [-0.05, 0) is 48.0 Å². The van der Waals surface area contributed by atoms with E-state index in [9.17, 15) is 27.6 Å². The van der Waals surface area contributed by atoms with Gasteiger partial charge in [-0.2, -0.15) is 18.2 Å². The van der Waals surface area contributed by atoms with Crippen LogP contribution in [-0.2, 0) is 17.9 Å². The molecule has 0 amide bonds. The number of nitrogens with one attached hydrogen (secondary N) is 1. The second-order valence-electron chi connectivity index (χ2n) is 8.37. The minimum atomic E-state index is -4.54. The summed E-state index contributed by atoms with van der Waals surface area (Å²) in [6.07, 6.45) is -5.17. The van der Waals surface area contributed by atoms with Crippen LogP contribution in [0.1, 0.15) is 18.4 Å². The third kappa shape index (κ3) is 7.77. The van der Waals surface area contributed by atoms with Gasteiger partial charge in [-0.1, -0.05) is 29.8 Å². The van der Waals surface area contributed by atoms with E-state index in [0.717, 1.165) is 4.57 Å². The Morgan fingerprint density at radius 1 is 0.974 bits per heavy atom. The highest BCUT2D eigenvalue weighted by Crippen LogP contribution is 2.23. The number of rotatable bonds is 10. The van der Waals surface area contributed by atoms with Crippen molar-refractivity contribution in [2.24, 2.45) is 0 Å². The van der Waals surface area contributed by atoms with Gasteiger partial charge < -0.3 is 10.1 Å². The molecular weight excluding hydrogens is 539 g/mol. The second-order valence-corrected chi connectivity index (χ2v) is 8.81. The Hall–Kier alpha value is -4.45. The molecule has 0 fully saturated rings. The number of halogens is 4. The number of aromatic nitrogens is 4. The summed E-state index contributed by atoms with van der Waals surface area (Å²) in [6, 6.07) is 18.3. The van der Waals surface area contributed by atoms with Gasteiger partial charge in [-0.25, -0.2) is 19.1 Å². The molecule has 0 aliphatic rings.